The van der Waals surface area contributed by atoms with Gasteiger partial charge in [0, 0.05) is 27.2 Å². The van der Waals surface area contributed by atoms with Crippen LogP contribution >= 0.6 is 0 Å². The molecule has 0 unspecified atom stereocenters. The van der Waals surface area contributed by atoms with Crippen LogP contribution in [0.4, 0.5) is 5.95 Å². The molecule has 0 aliphatic carbocycles. The van der Waals surface area contributed by atoms with E-state index >= 15 is 0 Å². The molecule has 10 heteroatoms. The van der Waals surface area contributed by atoms with Crippen LogP contribution in [0.5, 0.6) is 5.75 Å². The summed E-state index contributed by atoms with van der Waals surface area (Å²) in [7, 11) is 6.91. The smallest absolute Gasteiger partial charge is 0.332 e. The maximum atomic E-state index is 12.9. The molecule has 0 radical (unpaired) electrons. The molecule has 2 aromatic heterocycles. The second kappa shape index (κ2) is 9.36. The number of aryl methyl sites for hydroxylation is 2. The summed E-state index contributed by atoms with van der Waals surface area (Å²) in [6.45, 7) is 3.43. The molecule has 3 rings (SSSR count). The van der Waals surface area contributed by atoms with E-state index in [4.69, 9.17) is 4.74 Å². The average Bonchev–Trinajstić information content (AvgIpc) is 3.07. The highest BCUT2D eigenvalue weighted by molar-refractivity contribution is 5.74. The van der Waals surface area contributed by atoms with Crippen molar-refractivity contribution in [2.75, 3.05) is 39.1 Å². The summed E-state index contributed by atoms with van der Waals surface area (Å²) in [5.74, 6) is 1.09. The molecule has 3 aromatic rings. The molecular weight excluding hydrogens is 400 g/mol. The Morgan fingerprint density at radius 2 is 1.97 bits per heavy atom. The molecule has 10 nitrogen and oxygen atoms in total. The van der Waals surface area contributed by atoms with Gasteiger partial charge in [-0.3, -0.25) is 13.9 Å². The third-order valence-corrected chi connectivity index (χ3v) is 5.02. The third kappa shape index (κ3) is 4.97. The number of hydrogen-bond donors (Lipinski definition) is 2. The van der Waals surface area contributed by atoms with Gasteiger partial charge in [-0.25, -0.2) is 4.79 Å². The monoisotopic (exact) mass is 430 g/mol. The fourth-order valence-electron chi connectivity index (χ4n) is 3.31. The number of aliphatic hydroxyl groups is 1. The van der Waals surface area contributed by atoms with E-state index in [1.165, 1.54) is 11.6 Å². The van der Waals surface area contributed by atoms with Crippen LogP contribution in [0, 0.1) is 6.92 Å². The van der Waals surface area contributed by atoms with Crippen LogP contribution in [0.1, 0.15) is 5.56 Å². The van der Waals surface area contributed by atoms with Crippen molar-refractivity contribution >= 4 is 17.1 Å². The minimum Gasteiger partial charge on any atom is -0.491 e. The Hall–Kier alpha value is -3.11. The van der Waals surface area contributed by atoms with Gasteiger partial charge in [0.05, 0.1) is 6.54 Å². The predicted molar refractivity (Wildman–Crippen MR) is 120 cm³/mol. The zero-order valence-electron chi connectivity index (χ0n) is 18.6. The highest BCUT2D eigenvalue weighted by Crippen LogP contribution is 2.17. The number of nitrogens with one attached hydrogen (secondary N) is 1. The van der Waals surface area contributed by atoms with Crippen LogP contribution in [0.15, 0.2) is 33.9 Å². The van der Waals surface area contributed by atoms with Gasteiger partial charge in [0.1, 0.15) is 18.5 Å². The number of nitrogens with zero attached hydrogens (tertiary/aromatic N) is 5. The number of fused-ring (bicyclic) bond motifs is 1. The van der Waals surface area contributed by atoms with Crippen LogP contribution in [-0.2, 0) is 20.6 Å². The normalized spacial score (nSPS) is 12.5. The van der Waals surface area contributed by atoms with Gasteiger partial charge < -0.3 is 24.6 Å². The first-order chi connectivity index (χ1) is 14.7. The molecule has 2 heterocycles. The Morgan fingerprint density at radius 3 is 2.65 bits per heavy atom. The molecule has 1 atom stereocenters. The molecule has 0 bridgehead atoms. The van der Waals surface area contributed by atoms with Gasteiger partial charge in [0.2, 0.25) is 5.95 Å². The SMILES string of the molecule is Cc1cccc(OC[C@@H](O)Cn2c(NCCN(C)C)nc3c2c(=O)n(C)c(=O)n3C)c1. The van der Waals surface area contributed by atoms with Crippen LogP contribution < -0.4 is 21.3 Å². The number of imidazole rings is 1. The Balaban J connectivity index is 1.92. The van der Waals surface area contributed by atoms with E-state index in [1.807, 2.05) is 50.2 Å². The van der Waals surface area contributed by atoms with Gasteiger partial charge in [0.25, 0.3) is 5.56 Å². The minimum atomic E-state index is -0.894. The summed E-state index contributed by atoms with van der Waals surface area (Å²) in [5.41, 5.74) is 0.673. The molecule has 0 saturated heterocycles. The summed E-state index contributed by atoms with van der Waals surface area (Å²) in [6, 6.07) is 7.56. The van der Waals surface area contributed by atoms with Crippen molar-refractivity contribution in [2.24, 2.45) is 14.1 Å². The number of rotatable bonds is 9. The van der Waals surface area contributed by atoms with E-state index in [2.05, 4.69) is 10.3 Å². The van der Waals surface area contributed by atoms with Crippen LogP contribution in [0.3, 0.4) is 0 Å². The number of ether oxygens (including phenoxy) is 1. The molecule has 0 fully saturated rings. The second-order valence-corrected chi connectivity index (χ2v) is 7.94. The summed E-state index contributed by atoms with van der Waals surface area (Å²) < 4.78 is 9.71. The largest absolute Gasteiger partial charge is 0.491 e. The molecule has 1 aromatic carbocycles. The standard InChI is InChI=1S/C21H30N6O4/c1-14-7-6-8-16(11-14)31-13-15(28)12-27-17-18(23-20(27)22-9-10-24(2)3)25(4)21(30)26(5)19(17)29/h6-8,11,15,28H,9-10,12-13H2,1-5H3,(H,22,23)/t15-/m0/s1. The van der Waals surface area contributed by atoms with Crippen molar-refractivity contribution in [3.63, 3.8) is 0 Å². The van der Waals surface area contributed by atoms with Crippen molar-refractivity contribution in [3.8, 4) is 5.75 Å². The lowest BCUT2D eigenvalue weighted by Crippen LogP contribution is -2.38. The first-order valence-electron chi connectivity index (χ1n) is 10.1. The van der Waals surface area contributed by atoms with Crippen LogP contribution in [0.2, 0.25) is 0 Å². The first kappa shape index (κ1) is 22.6. The number of hydrogen-bond acceptors (Lipinski definition) is 7. The van der Waals surface area contributed by atoms with E-state index in [9.17, 15) is 14.7 Å². The maximum Gasteiger partial charge on any atom is 0.332 e. The summed E-state index contributed by atoms with van der Waals surface area (Å²) in [4.78, 5) is 31.7. The molecule has 0 aliphatic heterocycles. The van der Waals surface area contributed by atoms with Gasteiger partial charge >= 0.3 is 5.69 Å². The predicted octanol–water partition coefficient (Wildman–Crippen LogP) is 0.156. The molecule has 0 saturated carbocycles. The minimum absolute atomic E-state index is 0.0480. The molecule has 0 spiro atoms. The fourth-order valence-corrected chi connectivity index (χ4v) is 3.31. The molecule has 168 valence electrons. The Labute approximate surface area is 180 Å². The molecule has 2 N–H and O–H groups in total. The zero-order chi connectivity index (χ0) is 22.7. The Kier molecular flexibility index (Phi) is 6.81. The van der Waals surface area contributed by atoms with Crippen molar-refractivity contribution in [3.05, 3.63) is 50.7 Å². The van der Waals surface area contributed by atoms with Gasteiger partial charge in [-0.15, -0.1) is 0 Å². The van der Waals surface area contributed by atoms with E-state index < -0.39 is 17.4 Å². The van der Waals surface area contributed by atoms with Crippen molar-refractivity contribution < 1.29 is 9.84 Å². The van der Waals surface area contributed by atoms with Crippen molar-refractivity contribution in [1.82, 2.24) is 23.6 Å². The van der Waals surface area contributed by atoms with Gasteiger partial charge in [-0.1, -0.05) is 12.1 Å². The fraction of sp³-hybridized carbons (Fsp3) is 0.476. The number of anilines is 1. The van der Waals surface area contributed by atoms with E-state index in [-0.39, 0.29) is 24.3 Å². The van der Waals surface area contributed by atoms with E-state index in [0.717, 1.165) is 16.7 Å². The quantitative estimate of drug-likeness (QED) is 0.498. The van der Waals surface area contributed by atoms with Gasteiger partial charge in [-0.05, 0) is 38.7 Å². The molecule has 31 heavy (non-hydrogen) atoms. The lowest BCUT2D eigenvalue weighted by Gasteiger charge is -2.17. The second-order valence-electron chi connectivity index (χ2n) is 7.94. The molecule has 0 amide bonds. The maximum absolute atomic E-state index is 12.9. The van der Waals surface area contributed by atoms with Crippen molar-refractivity contribution in [1.29, 1.82) is 0 Å². The zero-order valence-corrected chi connectivity index (χ0v) is 18.6. The van der Waals surface area contributed by atoms with E-state index in [1.54, 1.807) is 11.6 Å². The third-order valence-electron chi connectivity index (χ3n) is 5.02. The molecular formula is C21H30N6O4. The summed E-state index contributed by atoms with van der Waals surface area (Å²) in [6.07, 6.45) is -0.894. The van der Waals surface area contributed by atoms with Crippen LogP contribution in [0.25, 0.3) is 11.2 Å². The number of aliphatic hydroxyl groups excluding tert-OH is 1. The number of benzene rings is 1. The van der Waals surface area contributed by atoms with Gasteiger partial charge in [-0.2, -0.15) is 4.98 Å². The highest BCUT2D eigenvalue weighted by atomic mass is 16.5. The van der Waals surface area contributed by atoms with Gasteiger partial charge in [0.15, 0.2) is 11.2 Å². The lowest BCUT2D eigenvalue weighted by atomic mass is 10.2. The first-order valence-corrected chi connectivity index (χ1v) is 10.1. The highest BCUT2D eigenvalue weighted by Gasteiger charge is 2.21. The molecule has 0 aliphatic rings. The topological polar surface area (TPSA) is 107 Å². The number of likely N-dealkylation sites (N-methyl/N-ethyl adjacent to an activating group) is 1. The average molecular weight is 431 g/mol. The lowest BCUT2D eigenvalue weighted by molar-refractivity contribution is 0.0938. The van der Waals surface area contributed by atoms with E-state index in [0.29, 0.717) is 18.2 Å². The summed E-state index contributed by atoms with van der Waals surface area (Å²) >= 11 is 0. The summed E-state index contributed by atoms with van der Waals surface area (Å²) in [5, 5.41) is 13.9. The van der Waals surface area contributed by atoms with Crippen LogP contribution in [-0.4, -0.2) is 68.6 Å². The number of aromatic nitrogens is 4. The van der Waals surface area contributed by atoms with Crippen molar-refractivity contribution in [2.45, 2.75) is 19.6 Å². The Bertz CT molecular complexity index is 1180. The Morgan fingerprint density at radius 1 is 1.23 bits per heavy atom.